The summed E-state index contributed by atoms with van der Waals surface area (Å²) in [5, 5.41) is 5.56. The third kappa shape index (κ3) is 9.14. The molecule has 0 aliphatic carbocycles. The summed E-state index contributed by atoms with van der Waals surface area (Å²) in [6, 6.07) is 3.26. The summed E-state index contributed by atoms with van der Waals surface area (Å²) >= 11 is 0. The minimum Gasteiger partial charge on any atom is -0.337 e. The highest BCUT2D eigenvalue weighted by atomic mass is 32.2. The van der Waals surface area contributed by atoms with Crippen molar-refractivity contribution in [3.8, 4) is 0 Å². The zero-order valence-electron chi connectivity index (χ0n) is 14.1. The van der Waals surface area contributed by atoms with Gasteiger partial charge in [-0.25, -0.2) is 17.9 Å². The van der Waals surface area contributed by atoms with Crippen LogP contribution < -0.4 is 15.4 Å². The van der Waals surface area contributed by atoms with Gasteiger partial charge in [-0.15, -0.1) is 0 Å². The molecule has 2 amide bonds. The van der Waals surface area contributed by atoms with Crippen LogP contribution >= 0.6 is 0 Å². The smallest absolute Gasteiger partial charge is 0.315 e. The molecule has 0 aromatic carbocycles. The van der Waals surface area contributed by atoms with E-state index in [0.717, 1.165) is 18.2 Å². The van der Waals surface area contributed by atoms with Crippen LogP contribution in [0, 0.1) is 5.41 Å². The summed E-state index contributed by atoms with van der Waals surface area (Å²) in [4.78, 5) is 16.1. The number of rotatable bonds is 7. The zero-order valence-corrected chi connectivity index (χ0v) is 14.9. The number of nitrogens with zero attached hydrogens (tertiary/aromatic N) is 1. The summed E-state index contributed by atoms with van der Waals surface area (Å²) in [6.45, 7) is 6.68. The Hall–Kier alpha value is -1.67. The summed E-state index contributed by atoms with van der Waals surface area (Å²) in [5.41, 5.74) is 0.970. The van der Waals surface area contributed by atoms with Crippen LogP contribution in [0.15, 0.2) is 24.5 Å². The van der Waals surface area contributed by atoms with Gasteiger partial charge in [-0.1, -0.05) is 26.8 Å². The van der Waals surface area contributed by atoms with Crippen LogP contribution in [0.2, 0.25) is 0 Å². The van der Waals surface area contributed by atoms with Crippen molar-refractivity contribution in [3.05, 3.63) is 30.1 Å². The van der Waals surface area contributed by atoms with E-state index in [2.05, 4.69) is 41.1 Å². The van der Waals surface area contributed by atoms with Gasteiger partial charge in [0.2, 0.25) is 10.0 Å². The Kier molecular flexibility index (Phi) is 6.96. The van der Waals surface area contributed by atoms with E-state index in [-0.39, 0.29) is 30.6 Å². The van der Waals surface area contributed by atoms with Gasteiger partial charge in [0.25, 0.3) is 0 Å². The number of aromatic nitrogens is 1. The molecule has 1 aromatic heterocycles. The van der Waals surface area contributed by atoms with Crippen LogP contribution in [-0.2, 0) is 10.0 Å². The van der Waals surface area contributed by atoms with Gasteiger partial charge in [-0.2, -0.15) is 0 Å². The molecule has 23 heavy (non-hydrogen) atoms. The molecule has 0 radical (unpaired) electrons. The molecule has 0 bridgehead atoms. The highest BCUT2D eigenvalue weighted by Gasteiger charge is 2.22. The molecule has 3 N–H and O–H groups in total. The van der Waals surface area contributed by atoms with Crippen molar-refractivity contribution in [2.75, 3.05) is 19.3 Å². The Bertz CT molecular complexity index is 597. The molecule has 1 heterocycles. The second kappa shape index (κ2) is 8.26. The predicted octanol–water partition coefficient (Wildman–Crippen LogP) is 1.41. The van der Waals surface area contributed by atoms with Gasteiger partial charge in [0.05, 0.1) is 12.3 Å². The fraction of sp³-hybridized carbons (Fsp3) is 0.600. The fourth-order valence-electron chi connectivity index (χ4n) is 2.07. The second-order valence-electron chi connectivity index (χ2n) is 6.67. The lowest BCUT2D eigenvalue weighted by molar-refractivity contribution is 0.230. The Balaban J connectivity index is 2.58. The van der Waals surface area contributed by atoms with Crippen LogP contribution in [0.3, 0.4) is 0 Å². The molecule has 0 fully saturated rings. The van der Waals surface area contributed by atoms with Gasteiger partial charge in [0.15, 0.2) is 0 Å². The average molecular weight is 342 g/mol. The number of carbonyl (C=O) groups excluding carboxylic acids is 1. The number of carbonyl (C=O) groups is 1. The molecule has 0 spiro atoms. The Morgan fingerprint density at radius 1 is 1.30 bits per heavy atom. The summed E-state index contributed by atoms with van der Waals surface area (Å²) < 4.78 is 24.2. The number of hydrogen-bond acceptors (Lipinski definition) is 4. The van der Waals surface area contributed by atoms with Gasteiger partial charge in [-0.3, -0.25) is 4.98 Å². The summed E-state index contributed by atoms with van der Waals surface area (Å²) in [7, 11) is -3.24. The third-order valence-electron chi connectivity index (χ3n) is 2.98. The first-order chi connectivity index (χ1) is 10.6. The van der Waals surface area contributed by atoms with Gasteiger partial charge in [-0.05, 0) is 23.5 Å². The molecular weight excluding hydrogens is 316 g/mol. The van der Waals surface area contributed by atoms with E-state index in [1.807, 2.05) is 12.1 Å². The van der Waals surface area contributed by atoms with Crippen molar-refractivity contribution < 1.29 is 13.2 Å². The van der Waals surface area contributed by atoms with E-state index in [4.69, 9.17) is 0 Å². The maximum Gasteiger partial charge on any atom is 0.315 e. The van der Waals surface area contributed by atoms with Crippen molar-refractivity contribution in [3.63, 3.8) is 0 Å². The first-order valence-electron chi connectivity index (χ1n) is 7.46. The first-order valence-corrected chi connectivity index (χ1v) is 9.35. The van der Waals surface area contributed by atoms with Crippen molar-refractivity contribution in [1.29, 1.82) is 0 Å². The van der Waals surface area contributed by atoms with E-state index in [0.29, 0.717) is 0 Å². The molecule has 1 aromatic rings. The Morgan fingerprint density at radius 2 is 2.00 bits per heavy atom. The van der Waals surface area contributed by atoms with Gasteiger partial charge < -0.3 is 10.6 Å². The molecule has 8 heteroatoms. The number of hydrogen-bond donors (Lipinski definition) is 3. The van der Waals surface area contributed by atoms with Crippen molar-refractivity contribution in [2.24, 2.45) is 5.41 Å². The molecule has 0 aliphatic heterocycles. The lowest BCUT2D eigenvalue weighted by atomic mass is 9.86. The average Bonchev–Trinajstić information content (AvgIpc) is 2.41. The Labute approximate surface area is 138 Å². The van der Waals surface area contributed by atoms with Crippen LogP contribution in [-0.4, -0.2) is 38.8 Å². The van der Waals surface area contributed by atoms with Crippen LogP contribution in [0.1, 0.15) is 38.8 Å². The third-order valence-corrected chi connectivity index (χ3v) is 3.71. The molecule has 1 rings (SSSR count). The predicted molar refractivity (Wildman–Crippen MR) is 90.4 cm³/mol. The van der Waals surface area contributed by atoms with Gasteiger partial charge >= 0.3 is 6.03 Å². The SMILES string of the molecule is CC(C)(C)C[C@@H](NC(=O)NCCNS(C)(=O)=O)c1cccnc1. The zero-order chi connectivity index (χ0) is 17.5. The minimum absolute atomic E-state index is 0.0334. The maximum absolute atomic E-state index is 12.0. The molecule has 0 saturated heterocycles. The highest BCUT2D eigenvalue weighted by Crippen LogP contribution is 2.28. The number of amides is 2. The Morgan fingerprint density at radius 3 is 2.52 bits per heavy atom. The first kappa shape index (κ1) is 19.4. The highest BCUT2D eigenvalue weighted by molar-refractivity contribution is 7.88. The fourth-order valence-corrected chi connectivity index (χ4v) is 2.54. The molecule has 7 nitrogen and oxygen atoms in total. The van der Waals surface area contributed by atoms with Gasteiger partial charge in [0.1, 0.15) is 0 Å². The molecule has 1 atom stereocenters. The minimum atomic E-state index is -3.24. The molecule has 0 unspecified atom stereocenters. The van der Waals surface area contributed by atoms with E-state index >= 15 is 0 Å². The lowest BCUT2D eigenvalue weighted by Gasteiger charge is -2.27. The summed E-state index contributed by atoms with van der Waals surface area (Å²) in [5.74, 6) is 0. The number of pyridine rings is 1. The largest absolute Gasteiger partial charge is 0.337 e. The normalized spacial score (nSPS) is 13.4. The van der Waals surface area contributed by atoms with Crippen LogP contribution in [0.5, 0.6) is 0 Å². The standard InChI is InChI=1S/C15H26N4O3S/c1-15(2,3)10-13(12-6-5-7-16-11-12)19-14(20)17-8-9-18-23(4,21)22/h5-7,11,13,18H,8-10H2,1-4H3,(H2,17,19,20)/t13-/m1/s1. The van der Waals surface area contributed by atoms with E-state index in [1.165, 1.54) is 0 Å². The molecule has 130 valence electrons. The van der Waals surface area contributed by atoms with E-state index in [9.17, 15) is 13.2 Å². The van der Waals surface area contributed by atoms with Crippen molar-refractivity contribution in [2.45, 2.75) is 33.2 Å². The number of sulfonamides is 1. The van der Waals surface area contributed by atoms with Crippen LogP contribution in [0.4, 0.5) is 4.79 Å². The topological polar surface area (TPSA) is 100 Å². The molecule has 0 saturated carbocycles. The maximum atomic E-state index is 12.0. The lowest BCUT2D eigenvalue weighted by Crippen LogP contribution is -2.42. The monoisotopic (exact) mass is 342 g/mol. The molecule has 0 aliphatic rings. The van der Waals surface area contributed by atoms with Crippen molar-refractivity contribution in [1.82, 2.24) is 20.3 Å². The second-order valence-corrected chi connectivity index (χ2v) is 8.50. The van der Waals surface area contributed by atoms with Gasteiger partial charge in [0, 0.05) is 25.5 Å². The van der Waals surface area contributed by atoms with E-state index in [1.54, 1.807) is 12.4 Å². The summed E-state index contributed by atoms with van der Waals surface area (Å²) in [6.07, 6.45) is 5.26. The quantitative estimate of drug-likeness (QED) is 0.652. The van der Waals surface area contributed by atoms with Crippen LogP contribution in [0.25, 0.3) is 0 Å². The van der Waals surface area contributed by atoms with E-state index < -0.39 is 10.0 Å². The number of nitrogens with one attached hydrogen (secondary N) is 3. The molecular formula is C15H26N4O3S. The number of urea groups is 1. The van der Waals surface area contributed by atoms with Crippen molar-refractivity contribution >= 4 is 16.1 Å².